The molecule has 35 heavy (non-hydrogen) atoms. The number of benzene rings is 2. The van der Waals surface area contributed by atoms with Crippen LogP contribution in [0.5, 0.6) is 0 Å². The van der Waals surface area contributed by atoms with Gasteiger partial charge < -0.3 is 4.90 Å². The fourth-order valence-corrected chi connectivity index (χ4v) is 6.97. The molecule has 0 saturated carbocycles. The largest absolute Gasteiger partial charge is 0.339 e. The summed E-state index contributed by atoms with van der Waals surface area (Å²) >= 11 is 0. The fourth-order valence-electron chi connectivity index (χ4n) is 6.97. The van der Waals surface area contributed by atoms with Crippen molar-refractivity contribution in [3.05, 3.63) is 88.1 Å². The summed E-state index contributed by atoms with van der Waals surface area (Å²) in [5.74, 6) is 1.22. The molecular formula is C34H47N. The highest BCUT2D eigenvalue weighted by Crippen LogP contribution is 2.53. The highest BCUT2D eigenvalue weighted by atomic mass is 15.2. The Labute approximate surface area is 215 Å². The van der Waals surface area contributed by atoms with Gasteiger partial charge in [-0.1, -0.05) is 81.3 Å². The van der Waals surface area contributed by atoms with Crippen molar-refractivity contribution in [3.8, 4) is 0 Å². The second-order valence-electron chi connectivity index (χ2n) is 12.8. The number of rotatable bonds is 5. The first-order valence-corrected chi connectivity index (χ1v) is 13.6. The first kappa shape index (κ1) is 25.8. The van der Waals surface area contributed by atoms with Crippen LogP contribution in [-0.2, 0) is 6.42 Å². The van der Waals surface area contributed by atoms with Crippen LogP contribution in [0, 0.1) is 16.7 Å². The maximum absolute atomic E-state index is 2.55. The first-order valence-electron chi connectivity index (χ1n) is 13.6. The van der Waals surface area contributed by atoms with E-state index in [1.807, 2.05) is 0 Å². The van der Waals surface area contributed by atoms with Crippen molar-refractivity contribution in [3.63, 3.8) is 0 Å². The molecule has 0 N–H and O–H groups in total. The Hall–Kier alpha value is -2.28. The number of nitrogens with zero attached hydrogens (tertiary/aromatic N) is 1. The summed E-state index contributed by atoms with van der Waals surface area (Å²) in [6.45, 7) is 23.8. The van der Waals surface area contributed by atoms with Crippen molar-refractivity contribution in [1.29, 1.82) is 0 Å². The molecule has 0 radical (unpaired) electrons. The second kappa shape index (κ2) is 8.99. The third-order valence-corrected chi connectivity index (χ3v) is 10.7. The minimum atomic E-state index is 0.0545. The van der Waals surface area contributed by atoms with Crippen LogP contribution in [0.4, 0.5) is 5.69 Å². The molecule has 0 amide bonds. The first-order chi connectivity index (χ1) is 16.3. The zero-order valence-electron chi connectivity index (χ0n) is 23.9. The lowest BCUT2D eigenvalue weighted by atomic mass is 9.63. The van der Waals surface area contributed by atoms with E-state index < -0.39 is 0 Å². The summed E-state index contributed by atoms with van der Waals surface area (Å²) in [6, 6.07) is 20.5. The predicted molar refractivity (Wildman–Crippen MR) is 153 cm³/mol. The van der Waals surface area contributed by atoms with Crippen LogP contribution in [0.15, 0.2) is 77.0 Å². The molecule has 1 nitrogen and oxygen atoms in total. The van der Waals surface area contributed by atoms with Gasteiger partial charge in [-0.3, -0.25) is 0 Å². The summed E-state index contributed by atoms with van der Waals surface area (Å²) in [5.41, 5.74) is 10.8. The van der Waals surface area contributed by atoms with Crippen LogP contribution in [0.2, 0.25) is 0 Å². The predicted octanol–water partition coefficient (Wildman–Crippen LogP) is 9.70. The van der Waals surface area contributed by atoms with E-state index in [9.17, 15) is 0 Å². The number of allylic oxidation sites excluding steroid dienone is 3. The van der Waals surface area contributed by atoms with Crippen molar-refractivity contribution in [1.82, 2.24) is 0 Å². The molecule has 2 aliphatic rings. The molecule has 1 heteroatoms. The molecule has 1 aliphatic heterocycles. The van der Waals surface area contributed by atoms with Gasteiger partial charge in [-0.25, -0.2) is 0 Å². The van der Waals surface area contributed by atoms with Crippen LogP contribution < -0.4 is 4.90 Å². The summed E-state index contributed by atoms with van der Waals surface area (Å²) in [5, 5.41) is 0. The Morgan fingerprint density at radius 1 is 0.829 bits per heavy atom. The van der Waals surface area contributed by atoms with Crippen LogP contribution in [-0.4, -0.2) is 5.54 Å². The van der Waals surface area contributed by atoms with Gasteiger partial charge in [0.25, 0.3) is 0 Å². The van der Waals surface area contributed by atoms with Crippen molar-refractivity contribution < 1.29 is 0 Å². The van der Waals surface area contributed by atoms with Crippen molar-refractivity contribution in [2.24, 2.45) is 16.7 Å². The van der Waals surface area contributed by atoms with E-state index in [4.69, 9.17) is 0 Å². The molecule has 0 aromatic heterocycles. The lowest BCUT2D eigenvalue weighted by Crippen LogP contribution is -2.48. The van der Waals surface area contributed by atoms with Gasteiger partial charge in [0, 0.05) is 22.3 Å². The molecule has 3 atom stereocenters. The lowest BCUT2D eigenvalue weighted by Gasteiger charge is -2.44. The molecule has 0 saturated heterocycles. The van der Waals surface area contributed by atoms with Crippen LogP contribution in [0.1, 0.15) is 99.1 Å². The molecule has 0 bridgehead atoms. The third-order valence-electron chi connectivity index (χ3n) is 10.7. The highest BCUT2D eigenvalue weighted by Gasteiger charge is 2.49. The standard InChI is InChI=1S/C34H47N/c1-23-25(3)34(10,21-20-31(23)24(2)29-14-12-11-13-15-29)22-28-16-18-30(19-17-28)35-27(5)26(4)32(6,7)33(35,8)9/h11-19,24,31H,20-22H2,1-10H3. The normalized spacial score (nSPS) is 26.9. The monoisotopic (exact) mass is 469 g/mol. The molecule has 188 valence electrons. The minimum absolute atomic E-state index is 0.0545. The van der Waals surface area contributed by atoms with Gasteiger partial charge in [-0.2, -0.15) is 0 Å². The lowest BCUT2D eigenvalue weighted by molar-refractivity contribution is 0.273. The Bertz CT molecular complexity index is 1130. The fraction of sp³-hybridized carbons (Fsp3) is 0.529. The highest BCUT2D eigenvalue weighted by molar-refractivity contribution is 5.61. The van der Waals surface area contributed by atoms with Gasteiger partial charge in [0.05, 0.1) is 0 Å². The van der Waals surface area contributed by atoms with Gasteiger partial charge in [-0.05, 0) is 107 Å². The summed E-state index contributed by atoms with van der Waals surface area (Å²) < 4.78 is 0. The van der Waals surface area contributed by atoms with Crippen molar-refractivity contribution >= 4 is 5.69 Å². The number of hydrogen-bond acceptors (Lipinski definition) is 1. The Morgan fingerprint density at radius 3 is 1.97 bits per heavy atom. The van der Waals surface area contributed by atoms with E-state index in [1.54, 1.807) is 11.1 Å². The van der Waals surface area contributed by atoms with E-state index >= 15 is 0 Å². The Morgan fingerprint density at radius 2 is 1.43 bits per heavy atom. The molecule has 2 aromatic carbocycles. The molecule has 0 spiro atoms. The molecule has 1 heterocycles. The quantitative estimate of drug-likeness (QED) is 0.394. The average molecular weight is 470 g/mol. The summed E-state index contributed by atoms with van der Waals surface area (Å²) in [7, 11) is 0. The summed E-state index contributed by atoms with van der Waals surface area (Å²) in [4.78, 5) is 2.55. The topological polar surface area (TPSA) is 3.24 Å². The Balaban J connectivity index is 1.55. The average Bonchev–Trinajstić information content (AvgIpc) is 2.94. The van der Waals surface area contributed by atoms with Gasteiger partial charge in [0.15, 0.2) is 0 Å². The zero-order chi connectivity index (χ0) is 25.8. The third kappa shape index (κ3) is 4.20. The summed E-state index contributed by atoms with van der Waals surface area (Å²) in [6.07, 6.45) is 3.65. The van der Waals surface area contributed by atoms with Gasteiger partial charge in [-0.15, -0.1) is 0 Å². The van der Waals surface area contributed by atoms with E-state index in [1.165, 1.54) is 40.9 Å². The van der Waals surface area contributed by atoms with Crippen LogP contribution in [0.3, 0.4) is 0 Å². The maximum Gasteiger partial charge on any atom is 0.0480 e. The van der Waals surface area contributed by atoms with E-state index in [0.29, 0.717) is 11.8 Å². The van der Waals surface area contributed by atoms with Crippen LogP contribution >= 0.6 is 0 Å². The second-order valence-corrected chi connectivity index (χ2v) is 12.8. The SMILES string of the molecule is CC1=C(C)C(C)(Cc2ccc(N3C(C)=C(C)C(C)(C)C3(C)C)cc2)CCC1C(C)c1ccccc1. The van der Waals surface area contributed by atoms with E-state index in [0.717, 1.165) is 6.42 Å². The number of hydrogen-bond donors (Lipinski definition) is 0. The van der Waals surface area contributed by atoms with Gasteiger partial charge in [0.2, 0.25) is 0 Å². The smallest absolute Gasteiger partial charge is 0.0480 e. The zero-order valence-corrected chi connectivity index (χ0v) is 23.9. The van der Waals surface area contributed by atoms with E-state index in [-0.39, 0.29) is 16.4 Å². The minimum Gasteiger partial charge on any atom is -0.339 e. The molecule has 0 fully saturated rings. The Kier molecular flexibility index (Phi) is 6.62. The van der Waals surface area contributed by atoms with Gasteiger partial charge in [0.1, 0.15) is 0 Å². The molecule has 1 aliphatic carbocycles. The maximum atomic E-state index is 2.55. The molecule has 3 unspecified atom stereocenters. The van der Waals surface area contributed by atoms with Crippen molar-refractivity contribution in [2.45, 2.75) is 100.0 Å². The molecule has 4 rings (SSSR count). The number of anilines is 1. The van der Waals surface area contributed by atoms with Crippen LogP contribution in [0.25, 0.3) is 0 Å². The van der Waals surface area contributed by atoms with Gasteiger partial charge >= 0.3 is 0 Å². The molecular weight excluding hydrogens is 422 g/mol. The molecule has 2 aromatic rings. The van der Waals surface area contributed by atoms with Crippen molar-refractivity contribution in [2.75, 3.05) is 4.90 Å². The van der Waals surface area contributed by atoms with E-state index in [2.05, 4.69) is 129 Å².